The van der Waals surface area contributed by atoms with Crippen LogP contribution in [0.2, 0.25) is 0 Å². The average Bonchev–Trinajstić information content (AvgIpc) is 2.82. The molecule has 0 unspecified atom stereocenters. The summed E-state index contributed by atoms with van der Waals surface area (Å²) in [6.45, 7) is 1.86. The summed E-state index contributed by atoms with van der Waals surface area (Å²) in [6, 6.07) is 12.0. The number of hydrogen-bond acceptors (Lipinski definition) is 3. The summed E-state index contributed by atoms with van der Waals surface area (Å²) < 4.78 is 3.30. The maximum absolute atomic E-state index is 12.1. The lowest BCUT2D eigenvalue weighted by molar-refractivity contribution is 0.450. The summed E-state index contributed by atoms with van der Waals surface area (Å²) in [5.74, 6) is 0.0561. The zero-order valence-electron chi connectivity index (χ0n) is 13.7. The fraction of sp³-hybridized carbons (Fsp3) is 0.158. The molecule has 0 radical (unpaired) electrons. The number of hydrogen-bond donors (Lipinski definition) is 1. The van der Waals surface area contributed by atoms with Crippen LogP contribution in [0.15, 0.2) is 47.4 Å². The molecule has 0 saturated carbocycles. The Hall–Kier alpha value is -3.08. The van der Waals surface area contributed by atoms with E-state index < -0.39 is 0 Å². The molecule has 2 aromatic heterocycles. The Labute approximate surface area is 138 Å². The molecule has 4 aromatic rings. The molecule has 120 valence electrons. The second-order valence-electron chi connectivity index (χ2n) is 6.08. The van der Waals surface area contributed by atoms with Crippen LogP contribution in [0, 0.1) is 6.92 Å². The van der Waals surface area contributed by atoms with Crippen LogP contribution in [0.25, 0.3) is 32.9 Å². The third-order valence-corrected chi connectivity index (χ3v) is 4.74. The van der Waals surface area contributed by atoms with Crippen molar-refractivity contribution in [1.82, 2.24) is 14.1 Å². The van der Waals surface area contributed by atoms with Gasteiger partial charge in [-0.3, -0.25) is 9.13 Å². The smallest absolute Gasteiger partial charge is 0.328 e. The number of imidazole rings is 1. The minimum atomic E-state index is -0.0393. The highest BCUT2D eigenvalue weighted by Gasteiger charge is 2.12. The number of nitrogens with zero attached hydrogens (tertiary/aromatic N) is 3. The monoisotopic (exact) mass is 319 g/mol. The van der Waals surface area contributed by atoms with Gasteiger partial charge in [-0.2, -0.15) is 0 Å². The van der Waals surface area contributed by atoms with Gasteiger partial charge in [0, 0.05) is 31.2 Å². The van der Waals surface area contributed by atoms with E-state index in [1.807, 2.05) is 43.3 Å². The first kappa shape index (κ1) is 14.5. The van der Waals surface area contributed by atoms with Crippen molar-refractivity contribution in [3.05, 3.63) is 58.6 Å². The number of rotatable bonds is 1. The van der Waals surface area contributed by atoms with Crippen LogP contribution >= 0.6 is 0 Å². The lowest BCUT2D eigenvalue weighted by atomic mass is 9.97. The highest BCUT2D eigenvalue weighted by Crippen LogP contribution is 2.33. The molecule has 0 spiro atoms. The lowest BCUT2D eigenvalue weighted by Gasteiger charge is -2.10. The molecule has 0 atom stereocenters. The fourth-order valence-corrected chi connectivity index (χ4v) is 3.30. The van der Waals surface area contributed by atoms with Crippen molar-refractivity contribution >= 4 is 21.8 Å². The van der Waals surface area contributed by atoms with Crippen LogP contribution < -0.4 is 5.69 Å². The van der Waals surface area contributed by atoms with Crippen LogP contribution in [0.3, 0.4) is 0 Å². The van der Waals surface area contributed by atoms with Gasteiger partial charge in [-0.25, -0.2) is 9.78 Å². The standard InChI is InChI=1S/C19H17N3O2/c1-11-13-5-4-6-14(15(13)10-20-18(11)23)12-7-8-16-17(9-12)22(3)19(24)21(16)2/h4-10H,1-3H3,(H,20,23). The zero-order valence-corrected chi connectivity index (χ0v) is 13.7. The van der Waals surface area contributed by atoms with Crippen molar-refractivity contribution in [3.8, 4) is 17.0 Å². The maximum Gasteiger partial charge on any atom is 0.328 e. The second kappa shape index (κ2) is 4.96. The quantitative estimate of drug-likeness (QED) is 0.586. The van der Waals surface area contributed by atoms with Gasteiger partial charge >= 0.3 is 5.69 Å². The van der Waals surface area contributed by atoms with Crippen molar-refractivity contribution in [1.29, 1.82) is 0 Å². The molecule has 1 N–H and O–H groups in total. The van der Waals surface area contributed by atoms with E-state index in [-0.39, 0.29) is 11.6 Å². The van der Waals surface area contributed by atoms with Gasteiger partial charge in [-0.1, -0.05) is 24.3 Å². The molecule has 24 heavy (non-hydrogen) atoms. The second-order valence-corrected chi connectivity index (χ2v) is 6.08. The third-order valence-electron chi connectivity index (χ3n) is 4.74. The van der Waals surface area contributed by atoms with Gasteiger partial charge in [0.2, 0.25) is 5.88 Å². The van der Waals surface area contributed by atoms with Gasteiger partial charge in [-0.15, -0.1) is 0 Å². The largest absolute Gasteiger partial charge is 0.493 e. The number of fused-ring (bicyclic) bond motifs is 2. The molecule has 0 aliphatic carbocycles. The van der Waals surface area contributed by atoms with Crippen molar-refractivity contribution in [3.63, 3.8) is 0 Å². The topological polar surface area (TPSA) is 60.1 Å². The molecule has 2 heterocycles. The van der Waals surface area contributed by atoms with Gasteiger partial charge in [0.05, 0.1) is 11.0 Å². The van der Waals surface area contributed by atoms with Gasteiger partial charge < -0.3 is 5.11 Å². The van der Waals surface area contributed by atoms with E-state index in [0.717, 1.165) is 38.5 Å². The fourth-order valence-electron chi connectivity index (χ4n) is 3.30. The predicted octanol–water partition coefficient (Wildman–Crippen LogP) is 3.11. The molecule has 0 fully saturated rings. The first-order chi connectivity index (χ1) is 11.5. The molecular formula is C19H17N3O2. The summed E-state index contributed by atoms with van der Waals surface area (Å²) in [4.78, 5) is 16.2. The highest BCUT2D eigenvalue weighted by atomic mass is 16.3. The third kappa shape index (κ3) is 1.88. The van der Waals surface area contributed by atoms with E-state index in [1.54, 1.807) is 29.4 Å². The Bertz CT molecular complexity index is 1170. The molecular weight excluding hydrogens is 302 g/mol. The van der Waals surface area contributed by atoms with Crippen LogP contribution in [0.1, 0.15) is 5.56 Å². The van der Waals surface area contributed by atoms with Crippen LogP contribution in [0.4, 0.5) is 0 Å². The van der Waals surface area contributed by atoms with Crippen molar-refractivity contribution in [2.75, 3.05) is 0 Å². The minimum absolute atomic E-state index is 0.0393. The summed E-state index contributed by atoms with van der Waals surface area (Å²) in [5, 5.41) is 11.8. The molecule has 4 rings (SSSR count). The number of aromatic nitrogens is 3. The number of aromatic hydroxyl groups is 1. The summed E-state index contributed by atoms with van der Waals surface area (Å²) >= 11 is 0. The van der Waals surface area contributed by atoms with E-state index in [9.17, 15) is 9.90 Å². The van der Waals surface area contributed by atoms with Crippen molar-refractivity contribution < 1.29 is 5.11 Å². The molecule has 0 saturated heterocycles. The average molecular weight is 319 g/mol. The van der Waals surface area contributed by atoms with Crippen molar-refractivity contribution in [2.24, 2.45) is 14.1 Å². The van der Waals surface area contributed by atoms with Gasteiger partial charge in [-0.05, 0) is 35.6 Å². The first-order valence-corrected chi connectivity index (χ1v) is 7.72. The summed E-state index contributed by atoms with van der Waals surface area (Å²) in [6.07, 6.45) is 1.70. The Morgan fingerprint density at radius 2 is 1.75 bits per heavy atom. The lowest BCUT2D eigenvalue weighted by Crippen LogP contribution is -2.19. The maximum atomic E-state index is 12.1. The molecule has 5 heteroatoms. The normalized spacial score (nSPS) is 11.5. The molecule has 0 aliphatic heterocycles. The van der Waals surface area contributed by atoms with E-state index in [1.165, 1.54) is 0 Å². The molecule has 0 bridgehead atoms. The van der Waals surface area contributed by atoms with Gasteiger partial charge in [0.1, 0.15) is 0 Å². The van der Waals surface area contributed by atoms with E-state index in [2.05, 4.69) is 4.98 Å². The van der Waals surface area contributed by atoms with Crippen LogP contribution in [0.5, 0.6) is 5.88 Å². The zero-order chi connectivity index (χ0) is 17.0. The Balaban J connectivity index is 2.05. The van der Waals surface area contributed by atoms with Gasteiger partial charge in [0.25, 0.3) is 0 Å². The minimum Gasteiger partial charge on any atom is -0.493 e. The summed E-state index contributed by atoms with van der Waals surface area (Å²) in [7, 11) is 3.56. The molecule has 5 nitrogen and oxygen atoms in total. The van der Waals surface area contributed by atoms with Crippen LogP contribution in [-0.4, -0.2) is 19.2 Å². The first-order valence-electron chi connectivity index (χ1n) is 7.72. The SMILES string of the molecule is Cc1c(O)ncc2c(-c3ccc4c(c3)n(C)c(=O)n4C)cccc12. The Morgan fingerprint density at radius 3 is 2.54 bits per heavy atom. The number of benzene rings is 2. The molecule has 2 aromatic carbocycles. The van der Waals surface area contributed by atoms with E-state index in [4.69, 9.17) is 0 Å². The number of aryl methyl sites for hydroxylation is 3. The van der Waals surface area contributed by atoms with E-state index >= 15 is 0 Å². The van der Waals surface area contributed by atoms with Crippen molar-refractivity contribution in [2.45, 2.75) is 6.92 Å². The Morgan fingerprint density at radius 1 is 1.00 bits per heavy atom. The predicted molar refractivity (Wildman–Crippen MR) is 95.3 cm³/mol. The molecule has 0 aliphatic rings. The van der Waals surface area contributed by atoms with Gasteiger partial charge in [0.15, 0.2) is 0 Å². The number of pyridine rings is 1. The molecule has 0 amide bonds. The van der Waals surface area contributed by atoms with Crippen LogP contribution in [-0.2, 0) is 14.1 Å². The van der Waals surface area contributed by atoms with E-state index in [0.29, 0.717) is 0 Å². The summed E-state index contributed by atoms with van der Waals surface area (Å²) in [5.41, 5.74) is 4.56. The highest BCUT2D eigenvalue weighted by molar-refractivity contribution is 5.99. The Kier molecular flexibility index (Phi) is 3.00.